The summed E-state index contributed by atoms with van der Waals surface area (Å²) in [4.78, 5) is 20.4. The first-order valence-corrected chi connectivity index (χ1v) is 3.97. The number of esters is 1. The molecule has 0 fully saturated rings. The molecule has 0 aliphatic carbocycles. The van der Waals surface area contributed by atoms with Gasteiger partial charge >= 0.3 is 18.3 Å². The smallest absolute Gasteiger partial charge is 0.434 e. The van der Waals surface area contributed by atoms with Crippen LogP contribution in [0.1, 0.15) is 12.8 Å². The Bertz CT molecular complexity index is 280. The Labute approximate surface area is 90.2 Å². The number of rotatable bonds is 4. The van der Waals surface area contributed by atoms with Gasteiger partial charge in [0.2, 0.25) is 0 Å². The number of halogens is 6. The molecule has 0 radical (unpaired) electrons. The van der Waals surface area contributed by atoms with Gasteiger partial charge in [0.1, 0.15) is 0 Å². The van der Waals surface area contributed by atoms with Gasteiger partial charge in [-0.2, -0.15) is 26.3 Å². The molecule has 0 spiro atoms. The first kappa shape index (κ1) is 15.5. The molecular formula is C7H5F6O4-. The fourth-order valence-electron chi connectivity index (χ4n) is 0.714. The Hall–Kier alpha value is -1.48. The molecule has 0 rings (SSSR count). The molecule has 0 saturated heterocycles. The van der Waals surface area contributed by atoms with Crippen LogP contribution in [0.5, 0.6) is 0 Å². The second kappa shape index (κ2) is 5.23. The minimum absolute atomic E-state index is 1.03. The van der Waals surface area contributed by atoms with Crippen molar-refractivity contribution < 1.29 is 45.8 Å². The van der Waals surface area contributed by atoms with Gasteiger partial charge in [0, 0.05) is 5.97 Å². The van der Waals surface area contributed by atoms with Crippen LogP contribution in [0.4, 0.5) is 26.3 Å². The van der Waals surface area contributed by atoms with Crippen molar-refractivity contribution in [3.05, 3.63) is 0 Å². The van der Waals surface area contributed by atoms with Crippen molar-refractivity contribution in [1.29, 1.82) is 0 Å². The topological polar surface area (TPSA) is 66.4 Å². The molecule has 100 valence electrons. The first-order chi connectivity index (χ1) is 7.44. The second-order valence-corrected chi connectivity index (χ2v) is 2.83. The highest BCUT2D eigenvalue weighted by Gasteiger charge is 2.59. The van der Waals surface area contributed by atoms with Crippen LogP contribution in [-0.4, -0.2) is 30.4 Å². The van der Waals surface area contributed by atoms with Gasteiger partial charge in [-0.1, -0.05) is 0 Å². The standard InChI is InChI=1S/C7H6F6O4/c8-6(9,10)5(7(11,12)13)17-4(16)2-1-3(14)15/h5H,1-2H2,(H,14,15)/p-1. The molecule has 0 heterocycles. The number of ether oxygens (including phenoxy) is 1. The molecule has 0 aromatic heterocycles. The molecule has 4 nitrogen and oxygen atoms in total. The fourth-order valence-corrected chi connectivity index (χ4v) is 0.714. The molecule has 0 bridgehead atoms. The van der Waals surface area contributed by atoms with Gasteiger partial charge in [-0.25, -0.2) is 0 Å². The van der Waals surface area contributed by atoms with E-state index in [1.807, 2.05) is 0 Å². The van der Waals surface area contributed by atoms with Gasteiger partial charge in [0.05, 0.1) is 6.42 Å². The Morgan fingerprint density at radius 2 is 1.41 bits per heavy atom. The molecule has 0 aromatic rings. The maximum Gasteiger partial charge on any atom is 0.434 e. The molecule has 0 aliphatic rings. The summed E-state index contributed by atoms with van der Waals surface area (Å²) in [5.41, 5.74) is 0. The van der Waals surface area contributed by atoms with Crippen molar-refractivity contribution in [2.24, 2.45) is 0 Å². The maximum absolute atomic E-state index is 11.8. The van der Waals surface area contributed by atoms with Crippen molar-refractivity contribution in [3.63, 3.8) is 0 Å². The number of carboxylic acids is 1. The molecule has 0 aliphatic heterocycles. The number of aliphatic carboxylic acids is 1. The van der Waals surface area contributed by atoms with Gasteiger partial charge < -0.3 is 14.6 Å². The highest BCUT2D eigenvalue weighted by Crippen LogP contribution is 2.35. The van der Waals surface area contributed by atoms with E-state index in [0.717, 1.165) is 0 Å². The predicted octanol–water partition coefficient (Wildman–Crippen LogP) is 0.553. The lowest BCUT2D eigenvalue weighted by molar-refractivity contribution is -0.314. The van der Waals surface area contributed by atoms with E-state index in [9.17, 15) is 41.0 Å². The highest BCUT2D eigenvalue weighted by atomic mass is 19.4. The van der Waals surface area contributed by atoms with Gasteiger partial charge in [-0.05, 0) is 6.42 Å². The van der Waals surface area contributed by atoms with Crippen molar-refractivity contribution in [1.82, 2.24) is 0 Å². The summed E-state index contributed by atoms with van der Waals surface area (Å²) in [6, 6.07) is 0. The first-order valence-electron chi connectivity index (χ1n) is 3.97. The van der Waals surface area contributed by atoms with E-state index in [2.05, 4.69) is 4.74 Å². The summed E-state index contributed by atoms with van der Waals surface area (Å²) in [6.45, 7) is 0. The van der Waals surface area contributed by atoms with Crippen LogP contribution in [0.15, 0.2) is 0 Å². The largest absolute Gasteiger partial charge is 0.550 e. The van der Waals surface area contributed by atoms with Crippen LogP contribution in [0.3, 0.4) is 0 Å². The summed E-state index contributed by atoms with van der Waals surface area (Å²) < 4.78 is 74.2. The molecule has 0 amide bonds. The Morgan fingerprint density at radius 1 is 1.00 bits per heavy atom. The quantitative estimate of drug-likeness (QED) is 0.551. The lowest BCUT2D eigenvalue weighted by Gasteiger charge is -2.22. The Balaban J connectivity index is 4.57. The van der Waals surface area contributed by atoms with Crippen LogP contribution in [0.2, 0.25) is 0 Å². The van der Waals surface area contributed by atoms with Gasteiger partial charge in [0.25, 0.3) is 6.10 Å². The van der Waals surface area contributed by atoms with Gasteiger partial charge in [0.15, 0.2) is 0 Å². The molecule has 10 heteroatoms. The number of alkyl halides is 6. The number of carbonyl (C=O) groups excluding carboxylic acids is 2. The van der Waals surface area contributed by atoms with E-state index >= 15 is 0 Å². The van der Waals surface area contributed by atoms with Crippen LogP contribution in [0, 0.1) is 0 Å². The molecule has 0 N–H and O–H groups in total. The molecule has 0 saturated carbocycles. The van der Waals surface area contributed by atoms with E-state index in [4.69, 9.17) is 0 Å². The third-order valence-corrected chi connectivity index (χ3v) is 1.38. The zero-order valence-corrected chi connectivity index (χ0v) is 7.89. The number of carbonyl (C=O) groups is 2. The third kappa shape index (κ3) is 5.97. The summed E-state index contributed by atoms with van der Waals surface area (Å²) in [5, 5.41) is 9.82. The molecular weight excluding hydrogens is 262 g/mol. The second-order valence-electron chi connectivity index (χ2n) is 2.83. The SMILES string of the molecule is O=C([O-])CCC(=O)OC(C(F)(F)F)C(F)(F)F. The normalized spacial score (nSPS) is 12.6. The van der Waals surface area contributed by atoms with E-state index < -0.39 is 43.2 Å². The van der Waals surface area contributed by atoms with Crippen LogP contribution in [-0.2, 0) is 14.3 Å². The Morgan fingerprint density at radius 3 is 1.71 bits per heavy atom. The summed E-state index contributed by atoms with van der Waals surface area (Å²) >= 11 is 0. The minimum Gasteiger partial charge on any atom is -0.550 e. The number of hydrogen-bond acceptors (Lipinski definition) is 4. The molecule has 17 heavy (non-hydrogen) atoms. The van der Waals surface area contributed by atoms with Crippen molar-refractivity contribution in [2.45, 2.75) is 31.3 Å². The zero-order chi connectivity index (χ0) is 13.9. The van der Waals surface area contributed by atoms with Gasteiger partial charge in [-0.15, -0.1) is 0 Å². The molecule has 0 atom stereocenters. The van der Waals surface area contributed by atoms with Gasteiger partial charge in [-0.3, -0.25) is 4.79 Å². The Kier molecular flexibility index (Phi) is 4.78. The maximum atomic E-state index is 11.8. The summed E-state index contributed by atoms with van der Waals surface area (Å²) in [6.07, 6.45) is -18.0. The van der Waals surface area contributed by atoms with E-state index in [1.165, 1.54) is 0 Å². The number of hydrogen-bond donors (Lipinski definition) is 0. The average molecular weight is 267 g/mol. The number of carboxylic acid groups (broad SMARTS) is 1. The van der Waals surface area contributed by atoms with Crippen molar-refractivity contribution in [3.8, 4) is 0 Å². The monoisotopic (exact) mass is 267 g/mol. The third-order valence-electron chi connectivity index (χ3n) is 1.38. The highest BCUT2D eigenvalue weighted by molar-refractivity contribution is 5.75. The summed E-state index contributed by atoms with van der Waals surface area (Å²) in [5.74, 6) is -3.72. The predicted molar refractivity (Wildman–Crippen MR) is 36.2 cm³/mol. The van der Waals surface area contributed by atoms with Crippen LogP contribution in [0.25, 0.3) is 0 Å². The lowest BCUT2D eigenvalue weighted by atomic mass is 10.3. The average Bonchev–Trinajstić information content (AvgIpc) is 2.07. The fraction of sp³-hybridized carbons (Fsp3) is 0.714. The zero-order valence-electron chi connectivity index (χ0n) is 7.89. The minimum atomic E-state index is -5.81. The van der Waals surface area contributed by atoms with Crippen LogP contribution >= 0.6 is 0 Å². The van der Waals surface area contributed by atoms with Crippen molar-refractivity contribution in [2.75, 3.05) is 0 Å². The summed E-state index contributed by atoms with van der Waals surface area (Å²) in [7, 11) is 0. The molecule has 0 unspecified atom stereocenters. The lowest BCUT2D eigenvalue weighted by Crippen LogP contribution is -2.45. The van der Waals surface area contributed by atoms with E-state index in [1.54, 1.807) is 0 Å². The van der Waals surface area contributed by atoms with E-state index in [-0.39, 0.29) is 0 Å². The van der Waals surface area contributed by atoms with Crippen LogP contribution < -0.4 is 5.11 Å². The molecule has 0 aromatic carbocycles. The van der Waals surface area contributed by atoms with E-state index in [0.29, 0.717) is 0 Å². The van der Waals surface area contributed by atoms with Crippen molar-refractivity contribution >= 4 is 11.9 Å².